The third kappa shape index (κ3) is 5.64. The Hall–Kier alpha value is -0.700. The van der Waals surface area contributed by atoms with E-state index in [1.54, 1.807) is 18.0 Å². The highest BCUT2D eigenvalue weighted by Crippen LogP contribution is 2.39. The average Bonchev–Trinajstić information content (AvgIpc) is 2.95. The molecular formula is C15H25N2O6PS. The molecule has 0 saturated carbocycles. The lowest BCUT2D eigenvalue weighted by molar-refractivity contribution is -0.0499. The molecule has 4 atom stereocenters. The molecule has 1 saturated heterocycles. The van der Waals surface area contributed by atoms with Crippen LogP contribution >= 0.6 is 19.4 Å². The molecule has 0 aromatic carbocycles. The molecule has 1 unspecified atom stereocenters. The summed E-state index contributed by atoms with van der Waals surface area (Å²) in [6.45, 7) is 5.02. The van der Waals surface area contributed by atoms with E-state index in [9.17, 15) is 14.3 Å². The summed E-state index contributed by atoms with van der Waals surface area (Å²) in [4.78, 5) is 25.8. The fourth-order valence-electron chi connectivity index (χ4n) is 2.58. The third-order valence-electron chi connectivity index (χ3n) is 3.80. The molecule has 10 heteroatoms. The van der Waals surface area contributed by atoms with Crippen LogP contribution < -0.4 is 5.69 Å². The van der Waals surface area contributed by atoms with Crippen LogP contribution in [0.5, 0.6) is 0 Å². The first-order chi connectivity index (χ1) is 11.7. The number of methoxy groups -OCH3 is 1. The van der Waals surface area contributed by atoms with Crippen molar-refractivity contribution in [1.82, 2.24) is 9.55 Å². The smallest absolute Gasteiger partial charge is 0.350 e. The molecule has 2 rings (SSSR count). The van der Waals surface area contributed by atoms with Gasteiger partial charge in [-0.2, -0.15) is 4.98 Å². The number of aromatic nitrogens is 2. The van der Waals surface area contributed by atoms with Crippen LogP contribution in [0.3, 0.4) is 0 Å². The predicted molar refractivity (Wildman–Crippen MR) is 95.3 cm³/mol. The van der Waals surface area contributed by atoms with Gasteiger partial charge in [-0.25, -0.2) is 4.79 Å². The van der Waals surface area contributed by atoms with Gasteiger partial charge < -0.3 is 18.9 Å². The number of aryl methyl sites for hydroxylation is 1. The van der Waals surface area contributed by atoms with Crippen molar-refractivity contribution in [2.45, 2.75) is 50.2 Å². The highest BCUT2D eigenvalue weighted by molar-refractivity contribution is 7.99. The monoisotopic (exact) mass is 392 g/mol. The number of ether oxygens (including phenoxy) is 2. The average molecular weight is 392 g/mol. The number of hydrogen-bond acceptors (Lipinski definition) is 7. The summed E-state index contributed by atoms with van der Waals surface area (Å²) < 4.78 is 28.9. The largest absolute Gasteiger partial charge is 0.378 e. The zero-order chi connectivity index (χ0) is 18.6. The van der Waals surface area contributed by atoms with E-state index in [1.807, 2.05) is 6.92 Å². The van der Waals surface area contributed by atoms with Crippen LogP contribution in [0.2, 0.25) is 0 Å². The van der Waals surface area contributed by atoms with Crippen LogP contribution in [0.4, 0.5) is 0 Å². The van der Waals surface area contributed by atoms with Gasteiger partial charge in [0.05, 0.1) is 12.7 Å². The molecule has 1 aliphatic heterocycles. The maximum absolute atomic E-state index is 12.4. The first-order valence-electron chi connectivity index (χ1n) is 8.10. The van der Waals surface area contributed by atoms with Gasteiger partial charge in [0, 0.05) is 26.4 Å². The van der Waals surface area contributed by atoms with E-state index in [0.717, 1.165) is 29.4 Å². The maximum atomic E-state index is 12.4. The van der Waals surface area contributed by atoms with E-state index in [4.69, 9.17) is 14.0 Å². The summed E-state index contributed by atoms with van der Waals surface area (Å²) in [7, 11) is -2.07. The zero-order valence-corrected chi connectivity index (χ0v) is 16.6. The van der Waals surface area contributed by atoms with Crippen molar-refractivity contribution in [3.05, 3.63) is 22.2 Å². The van der Waals surface area contributed by atoms with Gasteiger partial charge >= 0.3 is 13.3 Å². The molecule has 0 aliphatic carbocycles. The molecule has 0 bridgehead atoms. The topological polar surface area (TPSA) is 99.9 Å². The van der Waals surface area contributed by atoms with Crippen molar-refractivity contribution in [2.75, 3.05) is 26.1 Å². The van der Waals surface area contributed by atoms with Gasteiger partial charge in [0.2, 0.25) is 0 Å². The molecule has 0 amide bonds. The second kappa shape index (κ2) is 8.79. The summed E-state index contributed by atoms with van der Waals surface area (Å²) >= 11 is 1.56. The normalized spacial score (nSPS) is 25.9. The summed E-state index contributed by atoms with van der Waals surface area (Å²) in [5.74, 6) is 0.903. The van der Waals surface area contributed by atoms with Crippen LogP contribution in [-0.2, 0) is 18.6 Å². The van der Waals surface area contributed by atoms with Gasteiger partial charge in [-0.3, -0.25) is 9.13 Å². The van der Waals surface area contributed by atoms with E-state index >= 15 is 0 Å². The maximum Gasteiger partial charge on any atom is 0.350 e. The minimum atomic E-state index is -3.60. The van der Waals surface area contributed by atoms with Crippen LogP contribution in [0.15, 0.2) is 16.0 Å². The van der Waals surface area contributed by atoms with Gasteiger partial charge in [0.1, 0.15) is 17.4 Å². The third-order valence-corrected chi connectivity index (χ3v) is 5.73. The molecule has 1 aromatic heterocycles. The lowest BCUT2D eigenvalue weighted by atomic mass is 10.2. The van der Waals surface area contributed by atoms with Crippen molar-refractivity contribution in [3.63, 3.8) is 0 Å². The van der Waals surface area contributed by atoms with Crippen molar-refractivity contribution < 1.29 is 23.5 Å². The van der Waals surface area contributed by atoms with E-state index < -0.39 is 19.9 Å². The van der Waals surface area contributed by atoms with Crippen molar-refractivity contribution in [1.29, 1.82) is 0 Å². The second-order valence-corrected chi connectivity index (χ2v) is 8.95. The summed E-state index contributed by atoms with van der Waals surface area (Å²) in [5, 5.41) is 0.733. The molecule has 25 heavy (non-hydrogen) atoms. The van der Waals surface area contributed by atoms with Crippen LogP contribution in [-0.4, -0.2) is 52.8 Å². The minimum Gasteiger partial charge on any atom is -0.378 e. The van der Waals surface area contributed by atoms with Gasteiger partial charge in [-0.05, 0) is 24.7 Å². The van der Waals surface area contributed by atoms with E-state index in [0.29, 0.717) is 6.42 Å². The summed E-state index contributed by atoms with van der Waals surface area (Å²) in [6, 6.07) is 0. The molecule has 1 aliphatic rings. The van der Waals surface area contributed by atoms with E-state index in [1.165, 1.54) is 11.7 Å². The van der Waals surface area contributed by atoms with Crippen LogP contribution in [0.25, 0.3) is 0 Å². The Bertz CT molecular complexity index is 691. The van der Waals surface area contributed by atoms with Gasteiger partial charge in [0.15, 0.2) is 0 Å². The minimum absolute atomic E-state index is 0.0785. The lowest BCUT2D eigenvalue weighted by Crippen LogP contribution is -2.29. The van der Waals surface area contributed by atoms with Crippen LogP contribution in [0.1, 0.15) is 31.6 Å². The molecule has 1 N–H and O–H groups in total. The quantitative estimate of drug-likeness (QED) is 0.408. The highest BCUT2D eigenvalue weighted by Gasteiger charge is 2.38. The standard InChI is InChI=1S/C15H25N2O6PS/c1-5-6-25-14-10(2)8-17(15(18)16-14)13-7-11(21-3)12(23-13)9-22-24(4,19)20/h8,11-13H,5-7,9H2,1-4H3,(H,19,20)/t11-,12-,13-/m1/s1. The lowest BCUT2D eigenvalue weighted by Gasteiger charge is -2.18. The Labute approximate surface area is 151 Å². The Morgan fingerprint density at radius 3 is 2.88 bits per heavy atom. The van der Waals surface area contributed by atoms with Crippen molar-refractivity contribution >= 4 is 19.4 Å². The van der Waals surface area contributed by atoms with Gasteiger partial charge in [-0.1, -0.05) is 6.92 Å². The molecule has 142 valence electrons. The molecule has 0 spiro atoms. The molecule has 8 nitrogen and oxygen atoms in total. The first-order valence-corrected chi connectivity index (χ1v) is 11.1. The highest BCUT2D eigenvalue weighted by atomic mass is 32.2. The molecule has 2 heterocycles. The zero-order valence-electron chi connectivity index (χ0n) is 14.9. The Kier molecular flexibility index (Phi) is 7.25. The van der Waals surface area contributed by atoms with Gasteiger partial charge in [0.25, 0.3) is 0 Å². The molecule has 1 fully saturated rings. The van der Waals surface area contributed by atoms with E-state index in [-0.39, 0.29) is 18.4 Å². The number of rotatable bonds is 8. The molecule has 0 radical (unpaired) electrons. The summed E-state index contributed by atoms with van der Waals surface area (Å²) in [5.41, 5.74) is 0.526. The first kappa shape index (κ1) is 20.6. The van der Waals surface area contributed by atoms with Crippen molar-refractivity contribution in [2.24, 2.45) is 0 Å². The number of thioether (sulfide) groups is 1. The predicted octanol–water partition coefficient (Wildman–Crippen LogP) is 2.19. The fourth-order valence-corrected chi connectivity index (χ4v) is 3.83. The molecule has 1 aromatic rings. The molecular weight excluding hydrogens is 367 g/mol. The Morgan fingerprint density at radius 2 is 2.28 bits per heavy atom. The number of hydrogen-bond donors (Lipinski definition) is 1. The van der Waals surface area contributed by atoms with Crippen molar-refractivity contribution in [3.8, 4) is 0 Å². The Morgan fingerprint density at radius 1 is 1.56 bits per heavy atom. The Balaban J connectivity index is 2.15. The number of nitrogens with zero attached hydrogens (tertiary/aromatic N) is 2. The summed E-state index contributed by atoms with van der Waals surface area (Å²) in [6.07, 6.45) is 1.77. The SMILES string of the molecule is CCCSc1nc(=O)n([C@H]2C[C@@H](OC)[C@@H](COP(C)(=O)O)O2)cc1C. The van der Waals surface area contributed by atoms with Gasteiger partial charge in [-0.15, -0.1) is 11.8 Å². The van der Waals surface area contributed by atoms with E-state index in [2.05, 4.69) is 11.9 Å². The fraction of sp³-hybridized carbons (Fsp3) is 0.733. The second-order valence-electron chi connectivity index (χ2n) is 6.01. The van der Waals surface area contributed by atoms with Crippen LogP contribution in [0, 0.1) is 6.92 Å².